The van der Waals surface area contributed by atoms with Crippen molar-refractivity contribution in [1.29, 1.82) is 0 Å². The smallest absolute Gasteiger partial charge is 0.240 e. The van der Waals surface area contributed by atoms with Gasteiger partial charge in [0.05, 0.1) is 5.39 Å². The van der Waals surface area contributed by atoms with Crippen molar-refractivity contribution in [2.24, 2.45) is 5.84 Å². The molecule has 0 radical (unpaired) electrons. The molecule has 3 heterocycles. The number of hydrogen-bond acceptors (Lipinski definition) is 7. The third kappa shape index (κ3) is 2.02. The zero-order valence-corrected chi connectivity index (χ0v) is 11.7. The minimum Gasteiger partial charge on any atom is -0.355 e. The van der Waals surface area contributed by atoms with Gasteiger partial charge in [-0.2, -0.15) is 16.7 Å². The number of hydrogen-bond donors (Lipinski definition) is 2. The normalized spacial score (nSPS) is 19.3. The molecular formula is C11H15N5S2. The first-order valence-corrected chi connectivity index (χ1v) is 7.85. The predicted molar refractivity (Wildman–Crippen MR) is 79.4 cm³/mol. The van der Waals surface area contributed by atoms with E-state index in [-0.39, 0.29) is 0 Å². The molecular weight excluding hydrogens is 266 g/mol. The van der Waals surface area contributed by atoms with Gasteiger partial charge in [-0.25, -0.2) is 10.8 Å². The van der Waals surface area contributed by atoms with Crippen LogP contribution in [0.5, 0.6) is 0 Å². The quantitative estimate of drug-likeness (QED) is 0.662. The molecule has 1 fully saturated rings. The molecule has 1 atom stereocenters. The average molecular weight is 281 g/mol. The van der Waals surface area contributed by atoms with Gasteiger partial charge in [0, 0.05) is 18.8 Å². The molecule has 0 spiro atoms. The Morgan fingerprint density at radius 1 is 1.50 bits per heavy atom. The second-order valence-corrected chi connectivity index (χ2v) is 6.33. The summed E-state index contributed by atoms with van der Waals surface area (Å²) in [5.74, 6) is 9.29. The van der Waals surface area contributed by atoms with E-state index >= 15 is 0 Å². The number of nitrogen functional groups attached to an aromatic ring is 1. The number of thioether (sulfide) groups is 1. The lowest BCUT2D eigenvalue weighted by atomic mass is 10.2. The largest absolute Gasteiger partial charge is 0.355 e. The van der Waals surface area contributed by atoms with E-state index in [0.29, 0.717) is 12.0 Å². The Kier molecular flexibility index (Phi) is 3.27. The fraction of sp³-hybridized carbons (Fsp3) is 0.455. The van der Waals surface area contributed by atoms with Crippen molar-refractivity contribution in [2.75, 3.05) is 28.9 Å². The molecule has 0 amide bonds. The van der Waals surface area contributed by atoms with Crippen molar-refractivity contribution in [3.8, 4) is 0 Å². The monoisotopic (exact) mass is 281 g/mol. The molecule has 18 heavy (non-hydrogen) atoms. The Hall–Kier alpha value is -1.05. The van der Waals surface area contributed by atoms with E-state index in [1.165, 1.54) is 12.2 Å². The molecule has 0 bridgehead atoms. The van der Waals surface area contributed by atoms with E-state index in [9.17, 15) is 0 Å². The van der Waals surface area contributed by atoms with Crippen LogP contribution in [-0.2, 0) is 0 Å². The van der Waals surface area contributed by atoms with Crippen molar-refractivity contribution in [1.82, 2.24) is 9.97 Å². The summed E-state index contributed by atoms with van der Waals surface area (Å²) in [5, 5.41) is 3.15. The molecule has 3 rings (SSSR count). The number of nitrogens with zero attached hydrogens (tertiary/aromatic N) is 3. The van der Waals surface area contributed by atoms with Crippen LogP contribution in [-0.4, -0.2) is 34.6 Å². The summed E-state index contributed by atoms with van der Waals surface area (Å²) >= 11 is 3.61. The van der Waals surface area contributed by atoms with Crippen LogP contribution in [0.25, 0.3) is 10.2 Å². The number of fused-ring (bicyclic) bond motifs is 1. The first kappa shape index (κ1) is 12.0. The van der Waals surface area contributed by atoms with Crippen LogP contribution in [0.3, 0.4) is 0 Å². The minimum absolute atomic E-state index is 0.484. The number of aromatic nitrogens is 2. The van der Waals surface area contributed by atoms with Crippen LogP contribution in [0.2, 0.25) is 0 Å². The summed E-state index contributed by atoms with van der Waals surface area (Å²) in [6.45, 7) is 0. The average Bonchev–Trinajstić information content (AvgIpc) is 3.07. The molecule has 0 aromatic carbocycles. The highest BCUT2D eigenvalue weighted by Crippen LogP contribution is 2.32. The van der Waals surface area contributed by atoms with Crippen LogP contribution in [0.4, 0.5) is 11.8 Å². The fourth-order valence-corrected chi connectivity index (χ4v) is 4.20. The molecule has 1 unspecified atom stereocenters. The van der Waals surface area contributed by atoms with E-state index in [2.05, 4.69) is 33.4 Å². The first-order chi connectivity index (χ1) is 8.79. The topological polar surface area (TPSA) is 67.1 Å². The second-order valence-electron chi connectivity index (χ2n) is 4.28. The Morgan fingerprint density at radius 2 is 2.39 bits per heavy atom. The maximum absolute atomic E-state index is 5.44. The van der Waals surface area contributed by atoms with Gasteiger partial charge in [0.2, 0.25) is 5.95 Å². The molecule has 96 valence electrons. The van der Waals surface area contributed by atoms with Crippen molar-refractivity contribution < 1.29 is 0 Å². The molecule has 1 aliphatic rings. The maximum Gasteiger partial charge on any atom is 0.240 e. The molecule has 7 heteroatoms. The number of nitrogens with two attached hydrogens (primary N) is 1. The number of hydrazine groups is 1. The molecule has 1 aliphatic heterocycles. The van der Waals surface area contributed by atoms with E-state index in [1.54, 1.807) is 11.3 Å². The first-order valence-electron chi connectivity index (χ1n) is 5.82. The Labute approximate surface area is 114 Å². The number of nitrogens with one attached hydrogen (secondary N) is 1. The lowest BCUT2D eigenvalue weighted by molar-refractivity contribution is 0.694. The van der Waals surface area contributed by atoms with Crippen LogP contribution in [0.15, 0.2) is 11.4 Å². The lowest BCUT2D eigenvalue weighted by Crippen LogP contribution is -2.32. The van der Waals surface area contributed by atoms with Crippen molar-refractivity contribution in [3.63, 3.8) is 0 Å². The third-order valence-corrected chi connectivity index (χ3v) is 5.17. The van der Waals surface area contributed by atoms with E-state index in [0.717, 1.165) is 21.8 Å². The Balaban J connectivity index is 2.05. The molecule has 2 aromatic rings. The minimum atomic E-state index is 0.484. The van der Waals surface area contributed by atoms with Crippen LogP contribution >= 0.6 is 23.1 Å². The lowest BCUT2D eigenvalue weighted by Gasteiger charge is -2.25. The highest BCUT2D eigenvalue weighted by atomic mass is 32.2. The molecule has 0 aliphatic carbocycles. The van der Waals surface area contributed by atoms with Crippen molar-refractivity contribution in [2.45, 2.75) is 12.5 Å². The van der Waals surface area contributed by atoms with Crippen LogP contribution in [0.1, 0.15) is 6.42 Å². The van der Waals surface area contributed by atoms with Crippen molar-refractivity contribution >= 4 is 45.1 Å². The van der Waals surface area contributed by atoms with Crippen LogP contribution in [0, 0.1) is 0 Å². The van der Waals surface area contributed by atoms with E-state index in [1.807, 2.05) is 17.1 Å². The molecule has 3 N–H and O–H groups in total. The highest BCUT2D eigenvalue weighted by Gasteiger charge is 2.23. The molecule has 2 aromatic heterocycles. The number of thiophene rings is 1. The van der Waals surface area contributed by atoms with Gasteiger partial charge in [0.25, 0.3) is 0 Å². The Morgan fingerprint density at radius 3 is 3.11 bits per heavy atom. The summed E-state index contributed by atoms with van der Waals surface area (Å²) in [6.07, 6.45) is 1.21. The summed E-state index contributed by atoms with van der Waals surface area (Å²) < 4.78 is 0. The number of anilines is 2. The molecule has 0 saturated carbocycles. The Bertz CT molecular complexity index is 549. The van der Waals surface area contributed by atoms with Gasteiger partial charge >= 0.3 is 0 Å². The summed E-state index contributed by atoms with van der Waals surface area (Å²) in [5.41, 5.74) is 2.55. The zero-order valence-electron chi connectivity index (χ0n) is 10.1. The highest BCUT2D eigenvalue weighted by molar-refractivity contribution is 7.99. The van der Waals surface area contributed by atoms with E-state index in [4.69, 9.17) is 5.84 Å². The predicted octanol–water partition coefficient (Wildman–Crippen LogP) is 1.92. The third-order valence-electron chi connectivity index (χ3n) is 3.22. The second kappa shape index (κ2) is 4.91. The van der Waals surface area contributed by atoms with Gasteiger partial charge in [0.1, 0.15) is 10.6 Å². The van der Waals surface area contributed by atoms with Gasteiger partial charge in [-0.3, -0.25) is 5.43 Å². The fourth-order valence-electron chi connectivity index (χ4n) is 2.17. The van der Waals surface area contributed by atoms with Gasteiger partial charge in [-0.1, -0.05) is 0 Å². The van der Waals surface area contributed by atoms with Gasteiger partial charge in [0.15, 0.2) is 0 Å². The van der Waals surface area contributed by atoms with Crippen LogP contribution < -0.4 is 16.2 Å². The van der Waals surface area contributed by atoms with Gasteiger partial charge in [-0.05, 0) is 23.6 Å². The zero-order chi connectivity index (χ0) is 12.5. The standard InChI is InChI=1S/C11H15N5S2/c1-16(7-2-4-17-6-7)9-8-3-5-18-10(8)14-11(13-9)15-12/h3,5,7H,2,4,6,12H2,1H3,(H,13,14,15). The summed E-state index contributed by atoms with van der Waals surface area (Å²) in [7, 11) is 2.11. The molecule has 1 saturated heterocycles. The maximum atomic E-state index is 5.44. The van der Waals surface area contributed by atoms with E-state index < -0.39 is 0 Å². The van der Waals surface area contributed by atoms with Gasteiger partial charge < -0.3 is 4.90 Å². The van der Waals surface area contributed by atoms with Crippen molar-refractivity contribution in [3.05, 3.63) is 11.4 Å². The molecule has 5 nitrogen and oxygen atoms in total. The van der Waals surface area contributed by atoms with Gasteiger partial charge in [-0.15, -0.1) is 11.3 Å². The SMILES string of the molecule is CN(c1nc(NN)nc2sccc12)C1CCSC1. The summed E-state index contributed by atoms with van der Waals surface area (Å²) in [6, 6.07) is 2.63. The summed E-state index contributed by atoms with van der Waals surface area (Å²) in [4.78, 5) is 12.1. The number of rotatable bonds is 3.